The lowest BCUT2D eigenvalue weighted by Crippen LogP contribution is -2.18. The number of anilines is 1. The molecule has 172 valence electrons. The van der Waals surface area contributed by atoms with E-state index in [1.54, 1.807) is 13.3 Å². The molecular weight excluding hydrogens is 446 g/mol. The van der Waals surface area contributed by atoms with Crippen LogP contribution in [0.5, 0.6) is 5.75 Å². The number of rotatable bonds is 8. The molecule has 0 saturated carbocycles. The van der Waals surface area contributed by atoms with Crippen LogP contribution in [0.4, 0.5) is 5.82 Å². The van der Waals surface area contributed by atoms with Gasteiger partial charge in [-0.2, -0.15) is 5.26 Å². The number of nitrogens with zero attached hydrogens (tertiary/aromatic N) is 4. The zero-order valence-electron chi connectivity index (χ0n) is 19.3. The fourth-order valence-electron chi connectivity index (χ4n) is 3.75. The van der Waals surface area contributed by atoms with E-state index in [4.69, 9.17) is 4.74 Å². The van der Waals surface area contributed by atoms with Crippen LogP contribution in [0.15, 0.2) is 72.1 Å². The topological polar surface area (TPSA) is 84.9 Å². The van der Waals surface area contributed by atoms with Crippen molar-refractivity contribution in [2.45, 2.75) is 25.5 Å². The molecule has 0 bridgehead atoms. The van der Waals surface area contributed by atoms with Gasteiger partial charge in [0.15, 0.2) is 5.16 Å². The van der Waals surface area contributed by atoms with Crippen molar-refractivity contribution >= 4 is 23.5 Å². The Kier molecular flexibility index (Phi) is 7.04. The minimum Gasteiger partial charge on any atom is -0.497 e. The summed E-state index contributed by atoms with van der Waals surface area (Å²) >= 11 is 1.36. The van der Waals surface area contributed by atoms with Crippen molar-refractivity contribution < 1.29 is 9.53 Å². The molecule has 2 aromatic heterocycles. The number of hydrogen-bond acceptors (Lipinski definition) is 5. The van der Waals surface area contributed by atoms with Crippen LogP contribution in [0.3, 0.4) is 0 Å². The quantitative estimate of drug-likeness (QED) is 0.368. The average molecular weight is 472 g/mol. The van der Waals surface area contributed by atoms with E-state index in [1.165, 1.54) is 11.8 Å². The van der Waals surface area contributed by atoms with E-state index in [2.05, 4.69) is 28.5 Å². The molecule has 8 heteroatoms. The Morgan fingerprint density at radius 3 is 2.56 bits per heavy atom. The van der Waals surface area contributed by atoms with Crippen LogP contribution >= 0.6 is 11.8 Å². The molecule has 7 nitrogen and oxygen atoms in total. The number of benzene rings is 2. The molecule has 0 saturated heterocycles. The molecule has 1 N–H and O–H groups in total. The largest absolute Gasteiger partial charge is 0.497 e. The van der Waals surface area contributed by atoms with Crippen molar-refractivity contribution in [2.24, 2.45) is 0 Å². The van der Waals surface area contributed by atoms with Crippen LogP contribution in [0, 0.1) is 25.2 Å². The summed E-state index contributed by atoms with van der Waals surface area (Å²) in [6.07, 6.45) is 3.64. The van der Waals surface area contributed by atoms with Crippen molar-refractivity contribution in [3.05, 3.63) is 89.4 Å². The van der Waals surface area contributed by atoms with Gasteiger partial charge in [-0.1, -0.05) is 42.1 Å². The third-order valence-corrected chi connectivity index (χ3v) is 6.62. The zero-order chi connectivity index (χ0) is 24.1. The molecule has 0 fully saturated rings. The molecule has 0 aliphatic rings. The van der Waals surface area contributed by atoms with Gasteiger partial charge in [-0.3, -0.25) is 9.36 Å². The van der Waals surface area contributed by atoms with Crippen molar-refractivity contribution in [1.82, 2.24) is 14.1 Å². The molecular formula is C26H25N5O2S. The number of nitrogens with one attached hydrogen (secondary N) is 1. The van der Waals surface area contributed by atoms with Gasteiger partial charge in [-0.15, -0.1) is 0 Å². The smallest absolute Gasteiger partial charge is 0.236 e. The fraction of sp³-hybridized carbons (Fsp3) is 0.192. The number of nitriles is 1. The van der Waals surface area contributed by atoms with Gasteiger partial charge < -0.3 is 14.6 Å². The van der Waals surface area contributed by atoms with Gasteiger partial charge in [-0.05, 0) is 49.2 Å². The van der Waals surface area contributed by atoms with Gasteiger partial charge in [0, 0.05) is 30.3 Å². The molecule has 0 aliphatic heterocycles. The van der Waals surface area contributed by atoms with Gasteiger partial charge in [0.2, 0.25) is 5.91 Å². The summed E-state index contributed by atoms with van der Waals surface area (Å²) in [7, 11) is 1.61. The number of aromatic nitrogens is 3. The van der Waals surface area contributed by atoms with Crippen molar-refractivity contribution in [2.75, 3.05) is 18.2 Å². The average Bonchev–Trinajstić information content (AvgIpc) is 3.39. The predicted octanol–water partition coefficient (Wildman–Crippen LogP) is 4.95. The summed E-state index contributed by atoms with van der Waals surface area (Å²) in [5, 5.41) is 13.5. The Bertz CT molecular complexity index is 1330. The molecule has 0 atom stereocenters. The highest BCUT2D eigenvalue weighted by Crippen LogP contribution is 2.31. The summed E-state index contributed by atoms with van der Waals surface area (Å²) < 4.78 is 9.16. The van der Waals surface area contributed by atoms with E-state index in [0.29, 0.717) is 17.9 Å². The standard InChI is InChI=1S/C26H25N5O2S/c1-18-19(2)31(21-9-11-22(33-3)12-10-21)25(23(18)15-27)29-24(32)17-34-26-28-13-14-30(26)16-20-7-5-4-6-8-20/h4-14H,16-17H2,1-3H3,(H,29,32). The van der Waals surface area contributed by atoms with Crippen molar-refractivity contribution in [3.63, 3.8) is 0 Å². The van der Waals surface area contributed by atoms with Crippen molar-refractivity contribution in [1.29, 1.82) is 5.26 Å². The normalized spacial score (nSPS) is 10.6. The molecule has 2 heterocycles. The highest BCUT2D eigenvalue weighted by Gasteiger charge is 2.21. The van der Waals surface area contributed by atoms with Gasteiger partial charge in [0.1, 0.15) is 17.6 Å². The SMILES string of the molecule is COc1ccc(-n2c(C)c(C)c(C#N)c2NC(=O)CSc2nccn2Cc2ccccc2)cc1. The first-order valence-corrected chi connectivity index (χ1v) is 11.7. The van der Waals surface area contributed by atoms with Crippen LogP contribution in [0.1, 0.15) is 22.4 Å². The first-order valence-electron chi connectivity index (χ1n) is 10.8. The van der Waals surface area contributed by atoms with Crippen LogP contribution < -0.4 is 10.1 Å². The zero-order valence-corrected chi connectivity index (χ0v) is 20.1. The maximum atomic E-state index is 12.9. The highest BCUT2D eigenvalue weighted by atomic mass is 32.2. The number of hydrogen-bond donors (Lipinski definition) is 1. The first kappa shape index (κ1) is 23.2. The number of carbonyl (C=O) groups excluding carboxylic acids is 1. The second kappa shape index (κ2) is 10.3. The van der Waals surface area contributed by atoms with E-state index in [1.807, 2.05) is 71.6 Å². The predicted molar refractivity (Wildman–Crippen MR) is 134 cm³/mol. The van der Waals surface area contributed by atoms with Gasteiger partial charge in [0.25, 0.3) is 0 Å². The highest BCUT2D eigenvalue weighted by molar-refractivity contribution is 7.99. The number of methoxy groups -OCH3 is 1. The van der Waals surface area contributed by atoms with E-state index in [0.717, 1.165) is 33.4 Å². The van der Waals surface area contributed by atoms with E-state index < -0.39 is 0 Å². The maximum Gasteiger partial charge on any atom is 0.236 e. The molecule has 1 amide bonds. The van der Waals surface area contributed by atoms with E-state index >= 15 is 0 Å². The minimum atomic E-state index is -0.206. The second-order valence-electron chi connectivity index (χ2n) is 7.74. The van der Waals surface area contributed by atoms with Crippen molar-refractivity contribution in [3.8, 4) is 17.5 Å². The van der Waals surface area contributed by atoms with Gasteiger partial charge >= 0.3 is 0 Å². The molecule has 0 unspecified atom stereocenters. The molecule has 0 spiro atoms. The second-order valence-corrected chi connectivity index (χ2v) is 8.68. The monoisotopic (exact) mass is 471 g/mol. The Hall–Kier alpha value is -3.96. The fourth-order valence-corrected chi connectivity index (χ4v) is 4.51. The van der Waals surface area contributed by atoms with Gasteiger partial charge in [0.05, 0.1) is 18.4 Å². The number of imidazole rings is 1. The summed E-state index contributed by atoms with van der Waals surface area (Å²) in [5.41, 5.74) is 4.18. The van der Waals surface area contributed by atoms with Gasteiger partial charge in [-0.25, -0.2) is 4.98 Å². The van der Waals surface area contributed by atoms with Crippen LogP contribution in [0.2, 0.25) is 0 Å². The molecule has 0 radical (unpaired) electrons. The molecule has 0 aliphatic carbocycles. The lowest BCUT2D eigenvalue weighted by Gasteiger charge is -2.14. The third-order valence-electron chi connectivity index (χ3n) is 5.62. The van der Waals surface area contributed by atoms with E-state index in [-0.39, 0.29) is 11.7 Å². The summed E-state index contributed by atoms with van der Waals surface area (Å²) in [6, 6.07) is 19.9. The molecule has 4 rings (SSSR count). The maximum absolute atomic E-state index is 12.9. The van der Waals surface area contributed by atoms with Crippen LogP contribution in [-0.2, 0) is 11.3 Å². The Morgan fingerprint density at radius 2 is 1.88 bits per heavy atom. The van der Waals surface area contributed by atoms with E-state index in [9.17, 15) is 10.1 Å². The summed E-state index contributed by atoms with van der Waals surface area (Å²) in [5.74, 6) is 1.17. The Morgan fingerprint density at radius 1 is 1.15 bits per heavy atom. The third kappa shape index (κ3) is 4.85. The molecule has 4 aromatic rings. The molecule has 34 heavy (non-hydrogen) atoms. The van der Waals surface area contributed by atoms with Crippen LogP contribution in [-0.4, -0.2) is 32.9 Å². The number of amides is 1. The minimum absolute atomic E-state index is 0.169. The van der Waals surface area contributed by atoms with Crippen LogP contribution in [0.25, 0.3) is 5.69 Å². The molecule has 2 aromatic carbocycles. The Balaban J connectivity index is 1.52. The number of thioether (sulfide) groups is 1. The summed E-state index contributed by atoms with van der Waals surface area (Å²) in [4.78, 5) is 17.3. The first-order chi connectivity index (χ1) is 16.5. The Labute approximate surface area is 203 Å². The lowest BCUT2D eigenvalue weighted by molar-refractivity contribution is -0.113. The lowest BCUT2D eigenvalue weighted by atomic mass is 10.2. The summed E-state index contributed by atoms with van der Waals surface area (Å²) in [6.45, 7) is 4.51. The number of ether oxygens (including phenoxy) is 1. The number of carbonyl (C=O) groups is 1.